The van der Waals surface area contributed by atoms with Gasteiger partial charge in [-0.05, 0) is 17.7 Å². The Balaban J connectivity index is 3.06. The maximum absolute atomic E-state index is 11.2. The molecule has 0 unspecified atom stereocenters. The molecule has 0 aliphatic rings. The molecule has 4 nitrogen and oxygen atoms in total. The van der Waals surface area contributed by atoms with Crippen molar-refractivity contribution in [1.82, 2.24) is 0 Å². The van der Waals surface area contributed by atoms with E-state index in [9.17, 15) is 9.59 Å². The van der Waals surface area contributed by atoms with Crippen LogP contribution in [0.3, 0.4) is 0 Å². The molecule has 0 bridgehead atoms. The van der Waals surface area contributed by atoms with Crippen molar-refractivity contribution in [2.75, 3.05) is 0 Å². The summed E-state index contributed by atoms with van der Waals surface area (Å²) in [4.78, 5) is 22.3. The van der Waals surface area contributed by atoms with Gasteiger partial charge in [0.15, 0.2) is 0 Å². The fraction of sp³-hybridized carbons (Fsp3) is 0.286. The maximum Gasteiger partial charge on any atom is 0.552 e. The second-order valence-corrected chi connectivity index (χ2v) is 6.78. The molecule has 0 N–H and O–H groups in total. The van der Waals surface area contributed by atoms with Gasteiger partial charge in [-0.1, -0.05) is 31.0 Å². The van der Waals surface area contributed by atoms with E-state index in [1.807, 2.05) is 30.3 Å². The molecule has 0 saturated carbocycles. The van der Waals surface area contributed by atoms with E-state index in [1.165, 1.54) is 13.8 Å². The first-order chi connectivity index (χ1) is 8.97. The van der Waals surface area contributed by atoms with Crippen LogP contribution in [0.4, 0.5) is 0 Å². The zero-order valence-corrected chi connectivity index (χ0v) is 12.2. The Labute approximate surface area is 114 Å². The van der Waals surface area contributed by atoms with E-state index in [-0.39, 0.29) is 0 Å². The number of carbonyl (C=O) groups is 2. The van der Waals surface area contributed by atoms with Crippen LogP contribution in [0.15, 0.2) is 30.3 Å². The highest BCUT2D eigenvalue weighted by molar-refractivity contribution is 6.78. The smallest absolute Gasteiger partial charge is 0.476 e. The van der Waals surface area contributed by atoms with E-state index in [0.29, 0.717) is 6.04 Å². The zero-order valence-electron chi connectivity index (χ0n) is 11.2. The largest absolute Gasteiger partial charge is 0.552 e. The van der Waals surface area contributed by atoms with Crippen molar-refractivity contribution in [3.63, 3.8) is 0 Å². The molecule has 1 rings (SSSR count). The van der Waals surface area contributed by atoms with Crippen molar-refractivity contribution in [3.05, 3.63) is 35.9 Å². The van der Waals surface area contributed by atoms with Crippen LogP contribution in [-0.2, 0) is 18.4 Å². The van der Waals surface area contributed by atoms with E-state index in [0.717, 1.165) is 5.56 Å². The highest BCUT2D eigenvalue weighted by atomic mass is 28.4. The van der Waals surface area contributed by atoms with Gasteiger partial charge in [0.1, 0.15) is 0 Å². The van der Waals surface area contributed by atoms with Crippen molar-refractivity contribution in [3.8, 4) is 11.5 Å². The second kappa shape index (κ2) is 6.76. The minimum Gasteiger partial charge on any atom is -0.476 e. The molecule has 0 aliphatic heterocycles. The number of benzene rings is 1. The Morgan fingerprint density at radius 3 is 2.05 bits per heavy atom. The molecule has 0 heterocycles. The lowest BCUT2D eigenvalue weighted by Crippen LogP contribution is -2.43. The van der Waals surface area contributed by atoms with Crippen LogP contribution in [-0.4, -0.2) is 20.5 Å². The Morgan fingerprint density at radius 2 is 1.63 bits per heavy atom. The monoisotopic (exact) mass is 276 g/mol. The number of hydrogen-bond acceptors (Lipinski definition) is 4. The maximum atomic E-state index is 11.2. The van der Waals surface area contributed by atoms with Crippen molar-refractivity contribution in [2.45, 2.75) is 26.8 Å². The first kappa shape index (κ1) is 15.0. The summed E-state index contributed by atoms with van der Waals surface area (Å²) in [6.45, 7) is 4.36. The fourth-order valence-corrected chi connectivity index (χ4v) is 3.33. The van der Waals surface area contributed by atoms with Crippen molar-refractivity contribution in [1.29, 1.82) is 0 Å². The average molecular weight is 276 g/mol. The molecular weight excluding hydrogens is 260 g/mol. The molecule has 0 spiro atoms. The molecule has 0 aromatic heterocycles. The molecule has 19 heavy (non-hydrogen) atoms. The highest BCUT2D eigenvalue weighted by Gasteiger charge is 2.41. The normalized spacial score (nSPS) is 10.1. The summed E-state index contributed by atoms with van der Waals surface area (Å²) in [7, 11) is -3.14. The second-order valence-electron chi connectivity index (χ2n) is 3.91. The Kier molecular flexibility index (Phi) is 5.33. The molecule has 0 radical (unpaired) electrons. The summed E-state index contributed by atoms with van der Waals surface area (Å²) >= 11 is 0. The first-order valence-corrected chi connectivity index (χ1v) is 7.97. The summed E-state index contributed by atoms with van der Waals surface area (Å²) in [5.41, 5.74) is 3.65. The SMILES string of the molecule is CC[Si](C#Cc1ccccc1)(OC(C)=O)OC(C)=O. The molecule has 0 aliphatic carbocycles. The van der Waals surface area contributed by atoms with Gasteiger partial charge in [-0.2, -0.15) is 0 Å². The third-order valence-electron chi connectivity index (χ3n) is 2.25. The molecule has 5 heteroatoms. The van der Waals surface area contributed by atoms with E-state index in [2.05, 4.69) is 11.5 Å². The zero-order chi connectivity index (χ0) is 14.3. The fourth-order valence-electron chi connectivity index (χ4n) is 1.46. The molecule has 0 fully saturated rings. The predicted molar refractivity (Wildman–Crippen MR) is 73.1 cm³/mol. The minimum atomic E-state index is -3.14. The molecule has 0 atom stereocenters. The van der Waals surface area contributed by atoms with Crippen LogP contribution < -0.4 is 0 Å². The van der Waals surface area contributed by atoms with E-state index in [1.54, 1.807) is 6.92 Å². The number of hydrogen-bond donors (Lipinski definition) is 0. The van der Waals surface area contributed by atoms with Crippen LogP contribution in [0.25, 0.3) is 0 Å². The Hall–Kier alpha value is -2.06. The summed E-state index contributed by atoms with van der Waals surface area (Å²) in [6, 6.07) is 9.67. The summed E-state index contributed by atoms with van der Waals surface area (Å²) in [6.07, 6.45) is 0. The number of carbonyl (C=O) groups excluding carboxylic acids is 2. The van der Waals surface area contributed by atoms with E-state index >= 15 is 0 Å². The lowest BCUT2D eigenvalue weighted by molar-refractivity contribution is -0.138. The van der Waals surface area contributed by atoms with Gasteiger partial charge in [-0.3, -0.25) is 9.59 Å². The van der Waals surface area contributed by atoms with Crippen molar-refractivity contribution >= 4 is 20.5 Å². The third kappa shape index (κ3) is 4.98. The van der Waals surface area contributed by atoms with E-state index < -0.39 is 20.5 Å². The predicted octanol–water partition coefficient (Wildman–Crippen LogP) is 2.17. The topological polar surface area (TPSA) is 52.6 Å². The molecule has 100 valence electrons. The standard InChI is InChI=1S/C14H16O4Si/c1-4-19(17-12(2)15,18-13(3)16)11-10-14-8-6-5-7-9-14/h5-9H,4H2,1-3H3. The minimum absolute atomic E-state index is 0.395. The van der Waals surface area contributed by atoms with Gasteiger partial charge < -0.3 is 8.85 Å². The first-order valence-electron chi connectivity index (χ1n) is 5.95. The van der Waals surface area contributed by atoms with Gasteiger partial charge in [0.2, 0.25) is 0 Å². The van der Waals surface area contributed by atoms with Crippen LogP contribution >= 0.6 is 0 Å². The molecular formula is C14H16O4Si. The lowest BCUT2D eigenvalue weighted by atomic mass is 10.2. The lowest BCUT2D eigenvalue weighted by Gasteiger charge is -2.21. The summed E-state index contributed by atoms with van der Waals surface area (Å²) in [5.74, 6) is 1.93. The summed E-state index contributed by atoms with van der Waals surface area (Å²) < 4.78 is 10.4. The van der Waals surface area contributed by atoms with Gasteiger partial charge >= 0.3 is 8.56 Å². The number of rotatable bonds is 3. The van der Waals surface area contributed by atoms with Crippen LogP contribution in [0.1, 0.15) is 26.3 Å². The molecule has 1 aromatic carbocycles. The third-order valence-corrected chi connectivity index (χ3v) is 4.92. The Bertz CT molecular complexity index is 497. The quantitative estimate of drug-likeness (QED) is 0.627. The summed E-state index contributed by atoms with van der Waals surface area (Å²) in [5, 5.41) is 0. The van der Waals surface area contributed by atoms with Crippen molar-refractivity contribution < 1.29 is 18.4 Å². The van der Waals surface area contributed by atoms with Gasteiger partial charge in [0.05, 0.1) is 0 Å². The van der Waals surface area contributed by atoms with Gasteiger partial charge in [-0.15, -0.1) is 0 Å². The van der Waals surface area contributed by atoms with Gasteiger partial charge in [0.25, 0.3) is 11.9 Å². The highest BCUT2D eigenvalue weighted by Crippen LogP contribution is 2.13. The van der Waals surface area contributed by atoms with Crippen LogP contribution in [0.2, 0.25) is 6.04 Å². The van der Waals surface area contributed by atoms with E-state index in [4.69, 9.17) is 8.85 Å². The van der Waals surface area contributed by atoms with Gasteiger partial charge in [0, 0.05) is 25.5 Å². The average Bonchev–Trinajstić information content (AvgIpc) is 2.36. The van der Waals surface area contributed by atoms with Crippen LogP contribution in [0.5, 0.6) is 0 Å². The Morgan fingerprint density at radius 1 is 1.11 bits per heavy atom. The molecule has 0 amide bonds. The molecule has 0 saturated heterocycles. The van der Waals surface area contributed by atoms with Crippen LogP contribution in [0, 0.1) is 11.5 Å². The van der Waals surface area contributed by atoms with Crippen molar-refractivity contribution in [2.24, 2.45) is 0 Å². The molecule has 1 aromatic rings. The van der Waals surface area contributed by atoms with Gasteiger partial charge in [-0.25, -0.2) is 0 Å².